The molecule has 0 bridgehead atoms. The number of aliphatic hydroxyl groups is 1. The van der Waals surface area contributed by atoms with Crippen molar-refractivity contribution >= 4 is 11.6 Å². The number of rotatable bonds is 5. The summed E-state index contributed by atoms with van der Waals surface area (Å²) in [5.74, 6) is 2.30. The van der Waals surface area contributed by atoms with E-state index in [0.29, 0.717) is 6.54 Å². The third kappa shape index (κ3) is 4.14. The molecule has 0 fully saturated rings. The normalized spacial score (nSPS) is 13.2. The predicted octanol–water partition coefficient (Wildman–Crippen LogP) is 2.00. The first-order valence-electron chi connectivity index (χ1n) is 6.36. The van der Waals surface area contributed by atoms with E-state index < -0.39 is 0 Å². The van der Waals surface area contributed by atoms with Crippen molar-refractivity contribution in [2.45, 2.75) is 45.6 Å². The van der Waals surface area contributed by atoms with Crippen molar-refractivity contribution in [2.75, 3.05) is 24.2 Å². The van der Waals surface area contributed by atoms with Crippen molar-refractivity contribution in [1.29, 1.82) is 0 Å². The average Bonchev–Trinajstić information content (AvgIpc) is 2.34. The first kappa shape index (κ1) is 14.7. The fourth-order valence-electron chi connectivity index (χ4n) is 1.37. The van der Waals surface area contributed by atoms with Crippen LogP contribution in [0.15, 0.2) is 6.07 Å². The molecule has 0 aliphatic rings. The summed E-state index contributed by atoms with van der Waals surface area (Å²) >= 11 is 0. The van der Waals surface area contributed by atoms with Gasteiger partial charge in [0.2, 0.25) is 0 Å². The predicted molar refractivity (Wildman–Crippen MR) is 75.1 cm³/mol. The van der Waals surface area contributed by atoms with Crippen LogP contribution in [0.4, 0.5) is 11.6 Å². The zero-order valence-corrected chi connectivity index (χ0v) is 11.9. The molecule has 0 radical (unpaired) electrons. The van der Waals surface area contributed by atoms with Gasteiger partial charge in [-0.2, -0.15) is 0 Å². The number of nitrogens with one attached hydrogen (secondary N) is 2. The monoisotopic (exact) mass is 252 g/mol. The van der Waals surface area contributed by atoms with Crippen LogP contribution < -0.4 is 10.6 Å². The summed E-state index contributed by atoms with van der Waals surface area (Å²) < 4.78 is 0. The SMILES string of the molecule is CCC(O)CNc1cc(NC)nc(C(C)(C)C)n1. The highest BCUT2D eigenvalue weighted by Crippen LogP contribution is 2.22. The molecule has 1 aromatic heterocycles. The fourth-order valence-corrected chi connectivity index (χ4v) is 1.37. The van der Waals surface area contributed by atoms with E-state index in [9.17, 15) is 5.11 Å². The van der Waals surface area contributed by atoms with E-state index in [1.807, 2.05) is 20.0 Å². The number of aromatic nitrogens is 2. The molecule has 3 N–H and O–H groups in total. The van der Waals surface area contributed by atoms with Crippen molar-refractivity contribution in [3.8, 4) is 0 Å². The lowest BCUT2D eigenvalue weighted by Gasteiger charge is -2.19. The molecule has 0 aliphatic heterocycles. The molecular weight excluding hydrogens is 228 g/mol. The van der Waals surface area contributed by atoms with Gasteiger partial charge in [0.1, 0.15) is 17.5 Å². The molecule has 0 amide bonds. The fraction of sp³-hybridized carbons (Fsp3) is 0.692. The minimum absolute atomic E-state index is 0.105. The second-order valence-corrected chi connectivity index (χ2v) is 5.41. The van der Waals surface area contributed by atoms with Crippen LogP contribution in [0, 0.1) is 0 Å². The van der Waals surface area contributed by atoms with Gasteiger partial charge in [0.25, 0.3) is 0 Å². The summed E-state index contributed by atoms with van der Waals surface area (Å²) in [4.78, 5) is 8.93. The van der Waals surface area contributed by atoms with Gasteiger partial charge in [-0.05, 0) is 6.42 Å². The van der Waals surface area contributed by atoms with Crippen molar-refractivity contribution in [2.24, 2.45) is 0 Å². The number of hydrogen-bond donors (Lipinski definition) is 3. The number of hydrogen-bond acceptors (Lipinski definition) is 5. The average molecular weight is 252 g/mol. The van der Waals surface area contributed by atoms with Crippen LogP contribution >= 0.6 is 0 Å². The number of anilines is 2. The van der Waals surface area contributed by atoms with Gasteiger partial charge in [-0.25, -0.2) is 9.97 Å². The van der Waals surface area contributed by atoms with Crippen LogP contribution in [0.2, 0.25) is 0 Å². The molecule has 5 heteroatoms. The number of nitrogens with zero attached hydrogens (tertiary/aromatic N) is 2. The Labute approximate surface area is 109 Å². The van der Waals surface area contributed by atoms with Crippen LogP contribution in [0.5, 0.6) is 0 Å². The Balaban J connectivity index is 2.91. The summed E-state index contributed by atoms with van der Waals surface area (Å²) in [5, 5.41) is 15.7. The summed E-state index contributed by atoms with van der Waals surface area (Å²) in [7, 11) is 1.83. The third-order valence-electron chi connectivity index (χ3n) is 2.64. The Hall–Kier alpha value is -1.36. The molecule has 0 spiro atoms. The summed E-state index contributed by atoms with van der Waals surface area (Å²) in [5.41, 5.74) is -0.105. The molecule has 0 aliphatic carbocycles. The molecule has 0 saturated carbocycles. The van der Waals surface area contributed by atoms with Gasteiger partial charge in [0.05, 0.1) is 6.10 Å². The Morgan fingerprint density at radius 2 is 1.89 bits per heavy atom. The zero-order chi connectivity index (χ0) is 13.8. The van der Waals surface area contributed by atoms with E-state index >= 15 is 0 Å². The maximum Gasteiger partial charge on any atom is 0.138 e. The maximum atomic E-state index is 9.55. The lowest BCUT2D eigenvalue weighted by molar-refractivity contribution is 0.183. The lowest BCUT2D eigenvalue weighted by atomic mass is 9.96. The van der Waals surface area contributed by atoms with E-state index in [-0.39, 0.29) is 11.5 Å². The minimum atomic E-state index is -0.351. The summed E-state index contributed by atoms with van der Waals surface area (Å²) in [6.45, 7) is 8.68. The minimum Gasteiger partial charge on any atom is -0.391 e. The first-order chi connectivity index (χ1) is 8.36. The van der Waals surface area contributed by atoms with Crippen LogP contribution in [0.25, 0.3) is 0 Å². The molecule has 1 unspecified atom stereocenters. The number of aliphatic hydroxyl groups excluding tert-OH is 1. The molecule has 1 atom stereocenters. The molecule has 5 nitrogen and oxygen atoms in total. The van der Waals surface area contributed by atoms with Gasteiger partial charge in [0, 0.05) is 25.1 Å². The maximum absolute atomic E-state index is 9.55. The Morgan fingerprint density at radius 1 is 1.28 bits per heavy atom. The van der Waals surface area contributed by atoms with Crippen LogP contribution in [0.3, 0.4) is 0 Å². The molecular formula is C13H24N4O. The lowest BCUT2D eigenvalue weighted by Crippen LogP contribution is -2.21. The van der Waals surface area contributed by atoms with E-state index in [0.717, 1.165) is 23.9 Å². The smallest absolute Gasteiger partial charge is 0.138 e. The third-order valence-corrected chi connectivity index (χ3v) is 2.64. The van der Waals surface area contributed by atoms with Gasteiger partial charge in [0.15, 0.2) is 0 Å². The summed E-state index contributed by atoms with van der Waals surface area (Å²) in [6, 6.07) is 1.84. The topological polar surface area (TPSA) is 70.1 Å². The van der Waals surface area contributed by atoms with Crippen LogP contribution in [0.1, 0.15) is 39.9 Å². The summed E-state index contributed by atoms with van der Waals surface area (Å²) in [6.07, 6.45) is 0.374. The van der Waals surface area contributed by atoms with Crippen LogP contribution in [-0.4, -0.2) is 34.8 Å². The molecule has 0 aromatic carbocycles. The second kappa shape index (κ2) is 6.00. The Kier molecular flexibility index (Phi) is 4.90. The standard InChI is InChI=1S/C13H24N4O/c1-6-9(18)8-15-11-7-10(14-5)16-12(17-11)13(2,3)4/h7,9,18H,6,8H2,1-5H3,(H2,14,15,16,17). The molecule has 0 saturated heterocycles. The van der Waals surface area contributed by atoms with Gasteiger partial charge in [-0.1, -0.05) is 27.7 Å². The highest BCUT2D eigenvalue weighted by molar-refractivity contribution is 5.47. The largest absolute Gasteiger partial charge is 0.391 e. The van der Waals surface area contributed by atoms with E-state index in [4.69, 9.17) is 0 Å². The van der Waals surface area contributed by atoms with Crippen molar-refractivity contribution in [1.82, 2.24) is 9.97 Å². The van der Waals surface area contributed by atoms with E-state index in [2.05, 4.69) is 41.4 Å². The molecule has 102 valence electrons. The Bertz CT molecular complexity index is 387. The first-order valence-corrected chi connectivity index (χ1v) is 6.36. The van der Waals surface area contributed by atoms with E-state index in [1.54, 1.807) is 0 Å². The van der Waals surface area contributed by atoms with Gasteiger partial charge >= 0.3 is 0 Å². The van der Waals surface area contributed by atoms with Crippen molar-refractivity contribution < 1.29 is 5.11 Å². The zero-order valence-electron chi connectivity index (χ0n) is 11.9. The second-order valence-electron chi connectivity index (χ2n) is 5.41. The Morgan fingerprint density at radius 3 is 2.39 bits per heavy atom. The molecule has 1 rings (SSSR count). The highest BCUT2D eigenvalue weighted by Gasteiger charge is 2.19. The van der Waals surface area contributed by atoms with Gasteiger partial charge in [-0.3, -0.25) is 0 Å². The van der Waals surface area contributed by atoms with Crippen molar-refractivity contribution in [3.05, 3.63) is 11.9 Å². The van der Waals surface area contributed by atoms with Crippen LogP contribution in [-0.2, 0) is 5.41 Å². The van der Waals surface area contributed by atoms with Crippen molar-refractivity contribution in [3.63, 3.8) is 0 Å². The quantitative estimate of drug-likeness (QED) is 0.747. The molecule has 18 heavy (non-hydrogen) atoms. The molecule has 1 aromatic rings. The molecule has 1 heterocycles. The van der Waals surface area contributed by atoms with Gasteiger partial charge < -0.3 is 15.7 Å². The highest BCUT2D eigenvalue weighted by atomic mass is 16.3. The van der Waals surface area contributed by atoms with Gasteiger partial charge in [-0.15, -0.1) is 0 Å². The van der Waals surface area contributed by atoms with E-state index in [1.165, 1.54) is 0 Å².